The van der Waals surface area contributed by atoms with Crippen LogP contribution in [-0.4, -0.2) is 47.4 Å². The maximum atomic E-state index is 13.7. The van der Waals surface area contributed by atoms with Crippen molar-refractivity contribution in [1.29, 1.82) is 0 Å². The van der Waals surface area contributed by atoms with Crippen molar-refractivity contribution >= 4 is 106 Å². The fraction of sp³-hybridized carbons (Fsp3) is 0.200. The quantitative estimate of drug-likeness (QED) is 0.237. The van der Waals surface area contributed by atoms with Gasteiger partial charge < -0.3 is 9.88 Å². The number of nitrogens with one attached hydrogen (secondary N) is 1. The van der Waals surface area contributed by atoms with Gasteiger partial charge in [0.1, 0.15) is 17.1 Å². The highest BCUT2D eigenvalue weighted by Gasteiger charge is 2.40. The first-order valence-electron chi connectivity index (χ1n) is 9.77. The number of aromatic nitrogens is 1. The Kier molecular flexibility index (Phi) is 7.75. The van der Waals surface area contributed by atoms with E-state index in [2.05, 4.69) is 4.98 Å². The van der Waals surface area contributed by atoms with Crippen LogP contribution in [0.2, 0.25) is 18.7 Å². The molecular formula is C20H17Cl4N3O4S4. The molecule has 0 spiro atoms. The zero-order valence-electron chi connectivity index (χ0n) is 18.1. The normalized spacial score (nSPS) is 12.7. The van der Waals surface area contributed by atoms with Crippen LogP contribution in [-0.2, 0) is 26.5 Å². The highest BCUT2D eigenvalue weighted by molar-refractivity contribution is 8.11. The van der Waals surface area contributed by atoms with Crippen LogP contribution in [0.5, 0.6) is 0 Å². The van der Waals surface area contributed by atoms with Gasteiger partial charge in [0, 0.05) is 23.6 Å². The number of anilines is 1. The van der Waals surface area contributed by atoms with Gasteiger partial charge in [-0.3, -0.25) is 0 Å². The first-order chi connectivity index (χ1) is 16.3. The first kappa shape index (κ1) is 27.0. The summed E-state index contributed by atoms with van der Waals surface area (Å²) >= 11 is 25.3. The lowest BCUT2D eigenvalue weighted by molar-refractivity contribution is 0.414. The van der Waals surface area contributed by atoms with E-state index in [9.17, 15) is 16.8 Å². The van der Waals surface area contributed by atoms with Crippen molar-refractivity contribution in [3.63, 3.8) is 0 Å². The highest BCUT2D eigenvalue weighted by atomic mass is 35.5. The second kappa shape index (κ2) is 10.0. The van der Waals surface area contributed by atoms with Crippen molar-refractivity contribution in [2.24, 2.45) is 0 Å². The van der Waals surface area contributed by atoms with Crippen molar-refractivity contribution in [3.8, 4) is 0 Å². The molecule has 35 heavy (non-hydrogen) atoms. The lowest BCUT2D eigenvalue weighted by atomic mass is 10.1. The smallest absolute Gasteiger partial charge is 0.287 e. The van der Waals surface area contributed by atoms with E-state index in [1.807, 2.05) is 25.2 Å². The van der Waals surface area contributed by atoms with Crippen molar-refractivity contribution in [1.82, 2.24) is 9.88 Å². The molecule has 0 aliphatic heterocycles. The van der Waals surface area contributed by atoms with Crippen LogP contribution < -0.4 is 3.71 Å². The monoisotopic (exact) mass is 631 g/mol. The van der Waals surface area contributed by atoms with Gasteiger partial charge in [0.05, 0.1) is 15.7 Å². The van der Waals surface area contributed by atoms with Gasteiger partial charge in [0.25, 0.3) is 20.0 Å². The summed E-state index contributed by atoms with van der Waals surface area (Å²) in [6, 6.07) is 6.84. The molecule has 1 aromatic carbocycles. The average Bonchev–Trinajstić information content (AvgIpc) is 3.44. The van der Waals surface area contributed by atoms with E-state index in [1.165, 1.54) is 12.1 Å². The Morgan fingerprint density at radius 1 is 0.857 bits per heavy atom. The van der Waals surface area contributed by atoms with Gasteiger partial charge in [0.2, 0.25) is 0 Å². The van der Waals surface area contributed by atoms with Crippen molar-refractivity contribution in [2.75, 3.05) is 24.4 Å². The molecule has 1 N–H and O–H groups in total. The Balaban J connectivity index is 1.90. The zero-order chi connectivity index (χ0) is 25.7. The molecule has 0 fully saturated rings. The summed E-state index contributed by atoms with van der Waals surface area (Å²) in [5.74, 6) is 0. The van der Waals surface area contributed by atoms with Gasteiger partial charge in [-0.25, -0.2) is 0 Å². The molecule has 4 aromatic rings. The predicted octanol–water partition coefficient (Wildman–Crippen LogP) is 6.59. The number of aromatic amines is 1. The maximum Gasteiger partial charge on any atom is 0.287 e. The Hall–Kier alpha value is -1.02. The van der Waals surface area contributed by atoms with E-state index in [0.29, 0.717) is 31.9 Å². The average molecular weight is 633 g/mol. The summed E-state index contributed by atoms with van der Waals surface area (Å²) in [5.41, 5.74) is 1.50. The molecule has 7 nitrogen and oxygen atoms in total. The van der Waals surface area contributed by atoms with Crippen molar-refractivity contribution < 1.29 is 16.8 Å². The van der Waals surface area contributed by atoms with Crippen LogP contribution in [0.25, 0.3) is 10.9 Å². The maximum absolute atomic E-state index is 13.7. The molecule has 3 aromatic heterocycles. The third kappa shape index (κ3) is 5.21. The van der Waals surface area contributed by atoms with Gasteiger partial charge in [-0.2, -0.15) is 20.5 Å². The number of sulfonamides is 2. The van der Waals surface area contributed by atoms with Gasteiger partial charge in [0.15, 0.2) is 0 Å². The van der Waals surface area contributed by atoms with Gasteiger partial charge in [-0.15, -0.1) is 22.7 Å². The van der Waals surface area contributed by atoms with Crippen molar-refractivity contribution in [2.45, 2.75) is 14.8 Å². The molecule has 15 heteroatoms. The first-order valence-corrected chi connectivity index (χ1v) is 15.8. The predicted molar refractivity (Wildman–Crippen MR) is 146 cm³/mol. The number of rotatable bonds is 8. The van der Waals surface area contributed by atoms with Gasteiger partial charge >= 0.3 is 0 Å². The molecule has 3 heterocycles. The number of likely N-dealkylation sites (N-methyl/N-ethyl adjacent to an activating group) is 1. The molecular weight excluding hydrogens is 616 g/mol. The summed E-state index contributed by atoms with van der Waals surface area (Å²) in [6.07, 6.45) is 2.58. The number of hydrogen-bond acceptors (Lipinski definition) is 7. The summed E-state index contributed by atoms with van der Waals surface area (Å²) in [6.45, 7) is 0.809. The third-order valence-electron chi connectivity index (χ3n) is 4.98. The van der Waals surface area contributed by atoms with Crippen LogP contribution in [0.15, 0.2) is 44.9 Å². The standard InChI is InChI=1S/C20H17Cl4N3O4S4/c1-26(2)6-5-11-10-25-16-7-12(3-4-13(11)16)27(34(28,29)17-8-14(21)19(23)32-17)35(30,31)18-9-15(22)20(24)33-18/h3-4,7-10,25H,5-6H2,1-2H3. The minimum absolute atomic E-state index is 0.000145. The van der Waals surface area contributed by atoms with Crippen molar-refractivity contribution in [3.05, 3.63) is 60.8 Å². The van der Waals surface area contributed by atoms with Crippen LogP contribution >= 0.6 is 69.1 Å². The SMILES string of the molecule is CN(C)CCc1c[nH]c2cc(N(S(=O)(=O)c3cc(Cl)c(Cl)s3)S(=O)(=O)c3cc(Cl)c(Cl)s3)ccc12. The summed E-state index contributed by atoms with van der Waals surface area (Å²) in [7, 11) is -5.38. The van der Waals surface area contributed by atoms with E-state index >= 15 is 0 Å². The Morgan fingerprint density at radius 3 is 1.86 bits per heavy atom. The summed E-state index contributed by atoms with van der Waals surface area (Å²) in [4.78, 5) is 5.15. The fourth-order valence-corrected chi connectivity index (χ4v) is 11.2. The Morgan fingerprint density at radius 2 is 1.40 bits per heavy atom. The molecule has 188 valence electrons. The molecule has 0 radical (unpaired) electrons. The molecule has 0 saturated heterocycles. The lowest BCUT2D eigenvalue weighted by Gasteiger charge is -2.22. The molecule has 4 rings (SSSR count). The highest BCUT2D eigenvalue weighted by Crippen LogP contribution is 2.42. The second-order valence-electron chi connectivity index (χ2n) is 7.68. The van der Waals surface area contributed by atoms with Gasteiger partial charge in [-0.05, 0) is 50.3 Å². The van der Waals surface area contributed by atoms with Crippen LogP contribution in [0.3, 0.4) is 0 Å². The van der Waals surface area contributed by atoms with E-state index in [-0.39, 0.29) is 32.8 Å². The minimum Gasteiger partial charge on any atom is -0.361 e. The van der Waals surface area contributed by atoms with E-state index < -0.39 is 20.0 Å². The molecule has 0 bridgehead atoms. The number of nitrogens with zero attached hydrogens (tertiary/aromatic N) is 2. The van der Waals surface area contributed by atoms with E-state index in [1.54, 1.807) is 6.07 Å². The molecule has 0 unspecified atom stereocenters. The fourth-order valence-electron chi connectivity index (χ4n) is 3.32. The molecule has 0 amide bonds. The largest absolute Gasteiger partial charge is 0.361 e. The zero-order valence-corrected chi connectivity index (χ0v) is 24.3. The minimum atomic E-state index is -4.65. The number of benzene rings is 1. The molecule has 0 aliphatic carbocycles. The molecule has 0 saturated carbocycles. The van der Waals surface area contributed by atoms with Gasteiger partial charge in [-0.1, -0.05) is 52.5 Å². The Labute approximate surface area is 230 Å². The molecule has 0 aliphatic rings. The van der Waals surface area contributed by atoms with Crippen LogP contribution in [0.1, 0.15) is 5.56 Å². The number of halogens is 4. The van der Waals surface area contributed by atoms with E-state index in [0.717, 1.165) is 36.0 Å². The lowest BCUT2D eigenvalue weighted by Crippen LogP contribution is -2.36. The number of thiophene rings is 2. The van der Waals surface area contributed by atoms with Crippen LogP contribution in [0.4, 0.5) is 5.69 Å². The number of hydrogen-bond donors (Lipinski definition) is 1. The van der Waals surface area contributed by atoms with Crippen LogP contribution in [0, 0.1) is 0 Å². The third-order valence-corrected chi connectivity index (χ3v) is 13.8. The summed E-state index contributed by atoms with van der Waals surface area (Å²) in [5, 5.41) is 0.857. The van der Waals surface area contributed by atoms with E-state index in [4.69, 9.17) is 46.4 Å². The second-order valence-corrected chi connectivity index (χ2v) is 16.1. The topological polar surface area (TPSA) is 90.6 Å². The number of H-pyrrole nitrogens is 1. The Bertz CT molecular complexity index is 1510. The number of fused-ring (bicyclic) bond motifs is 1. The summed E-state index contributed by atoms with van der Waals surface area (Å²) < 4.78 is 54.5. The molecule has 0 atom stereocenters.